The van der Waals surface area contributed by atoms with Crippen LogP contribution in [0.5, 0.6) is 0 Å². The highest BCUT2D eigenvalue weighted by atomic mass is 32.1. The molecule has 1 aliphatic rings. The summed E-state index contributed by atoms with van der Waals surface area (Å²) in [5.74, 6) is 0.594. The maximum Gasteiger partial charge on any atom is 0.267 e. The molecule has 25 heavy (non-hydrogen) atoms. The number of nitrogens with one attached hydrogen (secondary N) is 1. The number of anilines is 2. The van der Waals surface area contributed by atoms with Gasteiger partial charge < -0.3 is 15.1 Å². The van der Waals surface area contributed by atoms with Crippen LogP contribution in [0.1, 0.15) is 31.8 Å². The Labute approximate surface area is 152 Å². The molecule has 7 nitrogen and oxygen atoms in total. The average molecular weight is 360 g/mol. The van der Waals surface area contributed by atoms with E-state index in [1.807, 2.05) is 27.7 Å². The first-order chi connectivity index (χ1) is 11.8. The van der Waals surface area contributed by atoms with E-state index in [0.29, 0.717) is 10.6 Å². The number of carbonyl (C=O) groups is 1. The summed E-state index contributed by atoms with van der Waals surface area (Å²) in [4.78, 5) is 31.3. The van der Waals surface area contributed by atoms with Gasteiger partial charge in [-0.25, -0.2) is 15.0 Å². The molecule has 0 bridgehead atoms. The van der Waals surface area contributed by atoms with Crippen molar-refractivity contribution in [3.8, 4) is 0 Å². The number of amides is 1. The summed E-state index contributed by atoms with van der Waals surface area (Å²) in [5, 5.41) is 3.85. The second-order valence-corrected chi connectivity index (χ2v) is 7.66. The number of nitrogens with zero attached hydrogens (tertiary/aromatic N) is 5. The van der Waals surface area contributed by atoms with E-state index in [0.717, 1.165) is 54.2 Å². The van der Waals surface area contributed by atoms with Gasteiger partial charge in [0.25, 0.3) is 5.91 Å². The van der Waals surface area contributed by atoms with E-state index >= 15 is 0 Å². The molecule has 2 aromatic rings. The third-order valence-electron chi connectivity index (χ3n) is 4.39. The Morgan fingerprint density at radius 2 is 1.56 bits per heavy atom. The minimum atomic E-state index is -0.148. The molecule has 3 rings (SSSR count). The number of hydrogen-bond acceptors (Lipinski definition) is 7. The molecule has 0 spiro atoms. The van der Waals surface area contributed by atoms with Gasteiger partial charge in [0, 0.05) is 26.2 Å². The number of likely N-dealkylation sites (N-methyl/N-ethyl adjacent to an activating group) is 1. The maximum atomic E-state index is 12.6. The fourth-order valence-corrected chi connectivity index (χ4v) is 3.75. The van der Waals surface area contributed by atoms with E-state index in [-0.39, 0.29) is 5.91 Å². The summed E-state index contributed by atoms with van der Waals surface area (Å²) >= 11 is 1.40. The van der Waals surface area contributed by atoms with Gasteiger partial charge in [-0.2, -0.15) is 0 Å². The zero-order valence-electron chi connectivity index (χ0n) is 15.4. The zero-order valence-corrected chi connectivity index (χ0v) is 16.2. The van der Waals surface area contributed by atoms with Crippen molar-refractivity contribution in [2.75, 3.05) is 43.4 Å². The van der Waals surface area contributed by atoms with Crippen molar-refractivity contribution in [2.24, 2.45) is 0 Å². The molecule has 1 saturated heterocycles. The minimum absolute atomic E-state index is 0.148. The Hall–Kier alpha value is -2.06. The minimum Gasteiger partial charge on any atom is -0.338 e. The van der Waals surface area contributed by atoms with Crippen LogP contribution in [-0.4, -0.2) is 59.0 Å². The first-order valence-corrected chi connectivity index (χ1v) is 9.21. The molecule has 0 saturated carbocycles. The second kappa shape index (κ2) is 7.05. The largest absolute Gasteiger partial charge is 0.338 e. The second-order valence-electron chi connectivity index (χ2n) is 6.46. The first kappa shape index (κ1) is 17.8. The lowest BCUT2D eigenvalue weighted by Crippen LogP contribution is -2.45. The van der Waals surface area contributed by atoms with Gasteiger partial charge in [-0.1, -0.05) is 0 Å². The summed E-state index contributed by atoms with van der Waals surface area (Å²) in [5.41, 5.74) is 3.01. The van der Waals surface area contributed by atoms with Crippen LogP contribution in [0.2, 0.25) is 0 Å². The molecule has 0 atom stereocenters. The number of aromatic nitrogens is 3. The lowest BCUT2D eigenvalue weighted by Gasteiger charge is -2.32. The van der Waals surface area contributed by atoms with Crippen LogP contribution in [0.4, 0.5) is 11.6 Å². The number of rotatable bonds is 3. The third kappa shape index (κ3) is 3.80. The predicted octanol–water partition coefficient (Wildman–Crippen LogP) is 2.17. The SMILES string of the molecule is Cc1nc(C)c(C(=O)Nc2c(C)nc(N3CCN(C)CC3)nc2C)s1. The standard InChI is InChI=1S/C17H24N6OS/c1-10-14(21-16(24)15-12(3)18-13(4)25-15)11(2)20-17(19-10)23-8-6-22(5)7-9-23/h6-9H2,1-5H3,(H,21,24). The molecular formula is C17H24N6OS. The fraction of sp³-hybridized carbons (Fsp3) is 0.529. The van der Waals surface area contributed by atoms with Crippen LogP contribution in [0, 0.1) is 27.7 Å². The molecule has 1 amide bonds. The Bertz CT molecular complexity index is 771. The lowest BCUT2D eigenvalue weighted by atomic mass is 10.2. The van der Waals surface area contributed by atoms with Crippen LogP contribution in [0.25, 0.3) is 0 Å². The molecule has 0 radical (unpaired) electrons. The quantitative estimate of drug-likeness (QED) is 0.904. The molecule has 1 aliphatic heterocycles. The summed E-state index contributed by atoms with van der Waals surface area (Å²) in [6.45, 7) is 11.4. The smallest absolute Gasteiger partial charge is 0.267 e. The summed E-state index contributed by atoms with van der Waals surface area (Å²) in [7, 11) is 2.12. The lowest BCUT2D eigenvalue weighted by molar-refractivity contribution is 0.102. The molecule has 1 fully saturated rings. The molecule has 3 heterocycles. The van der Waals surface area contributed by atoms with E-state index in [4.69, 9.17) is 0 Å². The maximum absolute atomic E-state index is 12.6. The topological polar surface area (TPSA) is 74.2 Å². The highest BCUT2D eigenvalue weighted by molar-refractivity contribution is 7.13. The van der Waals surface area contributed by atoms with Crippen molar-refractivity contribution in [3.63, 3.8) is 0 Å². The van der Waals surface area contributed by atoms with Crippen LogP contribution in [0.3, 0.4) is 0 Å². The van der Waals surface area contributed by atoms with E-state index in [2.05, 4.69) is 37.1 Å². The highest BCUT2D eigenvalue weighted by Crippen LogP contribution is 2.24. The molecule has 8 heteroatoms. The van der Waals surface area contributed by atoms with Crippen LogP contribution in [-0.2, 0) is 0 Å². The average Bonchev–Trinajstić information content (AvgIpc) is 2.90. The fourth-order valence-electron chi connectivity index (χ4n) is 2.94. The number of carbonyl (C=O) groups excluding carboxylic acids is 1. The van der Waals surface area contributed by atoms with E-state index in [1.165, 1.54) is 11.3 Å². The zero-order chi connectivity index (χ0) is 18.1. The first-order valence-electron chi connectivity index (χ1n) is 8.39. The van der Waals surface area contributed by atoms with Gasteiger partial charge in [0.15, 0.2) is 0 Å². The number of piperazine rings is 1. The molecular weight excluding hydrogens is 336 g/mol. The molecule has 1 N–H and O–H groups in total. The molecule has 2 aromatic heterocycles. The Kier molecular flexibility index (Phi) is 5.01. The van der Waals surface area contributed by atoms with Gasteiger partial charge >= 0.3 is 0 Å². The number of thiazole rings is 1. The third-order valence-corrected chi connectivity index (χ3v) is 5.47. The monoisotopic (exact) mass is 360 g/mol. The van der Waals surface area contributed by atoms with Crippen molar-refractivity contribution in [2.45, 2.75) is 27.7 Å². The van der Waals surface area contributed by atoms with Crippen molar-refractivity contribution >= 4 is 28.9 Å². The normalized spacial score (nSPS) is 15.5. The predicted molar refractivity (Wildman–Crippen MR) is 101 cm³/mol. The molecule has 0 unspecified atom stereocenters. The van der Waals surface area contributed by atoms with Crippen molar-refractivity contribution < 1.29 is 4.79 Å². The summed E-state index contributed by atoms with van der Waals surface area (Å²) in [6, 6.07) is 0. The van der Waals surface area contributed by atoms with Gasteiger partial charge in [0.2, 0.25) is 5.95 Å². The van der Waals surface area contributed by atoms with E-state index in [9.17, 15) is 4.79 Å². The summed E-state index contributed by atoms with van der Waals surface area (Å²) in [6.07, 6.45) is 0. The van der Waals surface area contributed by atoms with Crippen LogP contribution in [0.15, 0.2) is 0 Å². The number of aryl methyl sites for hydroxylation is 4. The Morgan fingerprint density at radius 1 is 0.960 bits per heavy atom. The van der Waals surface area contributed by atoms with Crippen molar-refractivity contribution in [1.82, 2.24) is 19.9 Å². The number of hydrogen-bond donors (Lipinski definition) is 1. The van der Waals surface area contributed by atoms with Crippen LogP contribution >= 0.6 is 11.3 Å². The van der Waals surface area contributed by atoms with E-state index < -0.39 is 0 Å². The molecule has 0 aliphatic carbocycles. The van der Waals surface area contributed by atoms with E-state index in [1.54, 1.807) is 0 Å². The van der Waals surface area contributed by atoms with Gasteiger partial charge in [0.1, 0.15) is 4.88 Å². The van der Waals surface area contributed by atoms with Gasteiger partial charge in [0.05, 0.1) is 27.8 Å². The Morgan fingerprint density at radius 3 is 2.08 bits per heavy atom. The Balaban J connectivity index is 1.81. The highest BCUT2D eigenvalue weighted by Gasteiger charge is 2.20. The molecule has 134 valence electrons. The van der Waals surface area contributed by atoms with Crippen molar-refractivity contribution in [1.29, 1.82) is 0 Å². The van der Waals surface area contributed by atoms with Gasteiger partial charge in [-0.15, -0.1) is 11.3 Å². The van der Waals surface area contributed by atoms with Gasteiger partial charge in [-0.05, 0) is 34.7 Å². The van der Waals surface area contributed by atoms with Crippen LogP contribution < -0.4 is 10.2 Å². The summed E-state index contributed by atoms with van der Waals surface area (Å²) < 4.78 is 0. The van der Waals surface area contributed by atoms with Gasteiger partial charge in [-0.3, -0.25) is 4.79 Å². The molecule has 0 aromatic carbocycles. The van der Waals surface area contributed by atoms with Crippen molar-refractivity contribution in [3.05, 3.63) is 27.0 Å².